The zero-order chi connectivity index (χ0) is 19.7. The minimum absolute atomic E-state index is 0.0502. The number of nitrogens with zero attached hydrogens (tertiary/aromatic N) is 2. The Morgan fingerprint density at radius 1 is 1.00 bits per heavy atom. The maximum absolute atomic E-state index is 13.7. The average Bonchev–Trinajstić information content (AvgIpc) is 2.86. The third-order valence-corrected chi connectivity index (χ3v) is 5.45. The molecule has 4 nitrogen and oxygen atoms in total. The third kappa shape index (κ3) is 3.72. The van der Waals surface area contributed by atoms with Crippen LogP contribution in [0.1, 0.15) is 17.7 Å². The summed E-state index contributed by atoms with van der Waals surface area (Å²) >= 11 is 0. The SMILES string of the molecule is Cc1[nH]c2ccc(F)cc2c1CC(=O)N1CCCN(c2ccc(F)cc2)CC1. The fourth-order valence-corrected chi connectivity index (χ4v) is 3.92. The van der Waals surface area contributed by atoms with Gasteiger partial charge in [0.2, 0.25) is 5.91 Å². The van der Waals surface area contributed by atoms with Crippen molar-refractivity contribution in [3.63, 3.8) is 0 Å². The number of hydrogen-bond acceptors (Lipinski definition) is 2. The standard InChI is InChI=1S/C22H23F2N3O/c1-15-19(20-13-17(24)5-8-21(20)25-15)14-22(28)27-10-2-9-26(11-12-27)18-6-3-16(23)4-7-18/h3-8,13,25H,2,9-12,14H2,1H3. The van der Waals surface area contributed by atoms with Gasteiger partial charge >= 0.3 is 0 Å². The number of anilines is 1. The number of H-pyrrole nitrogens is 1. The topological polar surface area (TPSA) is 39.3 Å². The molecule has 0 aliphatic carbocycles. The quantitative estimate of drug-likeness (QED) is 0.742. The minimum Gasteiger partial charge on any atom is -0.370 e. The van der Waals surface area contributed by atoms with Crippen molar-refractivity contribution in [1.82, 2.24) is 9.88 Å². The number of rotatable bonds is 3. The molecule has 3 aromatic rings. The van der Waals surface area contributed by atoms with E-state index in [4.69, 9.17) is 0 Å². The van der Waals surface area contributed by atoms with Gasteiger partial charge in [0.15, 0.2) is 0 Å². The zero-order valence-corrected chi connectivity index (χ0v) is 15.8. The summed E-state index contributed by atoms with van der Waals surface area (Å²) < 4.78 is 26.8. The van der Waals surface area contributed by atoms with Crippen LogP contribution in [-0.4, -0.2) is 42.0 Å². The van der Waals surface area contributed by atoms with Gasteiger partial charge in [-0.15, -0.1) is 0 Å². The van der Waals surface area contributed by atoms with Crippen molar-refractivity contribution < 1.29 is 13.6 Å². The molecule has 2 aromatic carbocycles. The van der Waals surface area contributed by atoms with E-state index in [0.29, 0.717) is 19.6 Å². The van der Waals surface area contributed by atoms with Gasteiger partial charge in [0.25, 0.3) is 0 Å². The van der Waals surface area contributed by atoms with E-state index in [0.717, 1.165) is 40.8 Å². The third-order valence-electron chi connectivity index (χ3n) is 5.45. The number of halogens is 2. The summed E-state index contributed by atoms with van der Waals surface area (Å²) in [7, 11) is 0. The van der Waals surface area contributed by atoms with Gasteiger partial charge < -0.3 is 14.8 Å². The van der Waals surface area contributed by atoms with E-state index < -0.39 is 0 Å². The van der Waals surface area contributed by atoms with E-state index in [2.05, 4.69) is 9.88 Å². The van der Waals surface area contributed by atoms with Crippen LogP contribution in [0.2, 0.25) is 0 Å². The lowest BCUT2D eigenvalue weighted by Crippen LogP contribution is -2.36. The molecular formula is C22H23F2N3O. The molecule has 1 aliphatic rings. The minimum atomic E-state index is -0.301. The van der Waals surface area contributed by atoms with Gasteiger partial charge in [0.05, 0.1) is 6.42 Å². The Kier molecular flexibility index (Phi) is 5.03. The van der Waals surface area contributed by atoms with Crippen molar-refractivity contribution >= 4 is 22.5 Å². The number of aromatic amines is 1. The Bertz CT molecular complexity index is 997. The Morgan fingerprint density at radius 2 is 1.75 bits per heavy atom. The highest BCUT2D eigenvalue weighted by Gasteiger charge is 2.21. The number of aromatic nitrogens is 1. The molecule has 146 valence electrons. The number of nitrogens with one attached hydrogen (secondary N) is 1. The van der Waals surface area contributed by atoms with Crippen LogP contribution in [0.5, 0.6) is 0 Å². The van der Waals surface area contributed by atoms with Crippen LogP contribution >= 0.6 is 0 Å². The number of carbonyl (C=O) groups excluding carboxylic acids is 1. The first-order chi connectivity index (χ1) is 13.5. The number of carbonyl (C=O) groups is 1. The summed E-state index contributed by atoms with van der Waals surface area (Å²) in [5.74, 6) is -0.500. The first-order valence-corrected chi connectivity index (χ1v) is 9.56. The van der Waals surface area contributed by atoms with Crippen LogP contribution in [0.25, 0.3) is 10.9 Å². The van der Waals surface area contributed by atoms with Crippen LogP contribution in [0, 0.1) is 18.6 Å². The Balaban J connectivity index is 1.46. The molecule has 0 atom stereocenters. The van der Waals surface area contributed by atoms with Crippen molar-refractivity contribution in [3.05, 3.63) is 65.4 Å². The fraction of sp³-hybridized carbons (Fsp3) is 0.318. The van der Waals surface area contributed by atoms with Crippen LogP contribution in [-0.2, 0) is 11.2 Å². The molecule has 0 saturated carbocycles. The number of amides is 1. The van der Waals surface area contributed by atoms with Gasteiger partial charge in [-0.05, 0) is 61.4 Å². The molecule has 1 aliphatic heterocycles. The molecule has 1 N–H and O–H groups in total. The second-order valence-corrected chi connectivity index (χ2v) is 7.29. The average molecular weight is 383 g/mol. The Morgan fingerprint density at radius 3 is 2.54 bits per heavy atom. The highest BCUT2D eigenvalue weighted by atomic mass is 19.1. The molecule has 6 heteroatoms. The molecule has 28 heavy (non-hydrogen) atoms. The van der Waals surface area contributed by atoms with Gasteiger partial charge in [-0.1, -0.05) is 0 Å². The highest BCUT2D eigenvalue weighted by Crippen LogP contribution is 2.24. The molecule has 2 heterocycles. The number of benzene rings is 2. The second-order valence-electron chi connectivity index (χ2n) is 7.29. The van der Waals surface area contributed by atoms with Crippen LogP contribution < -0.4 is 4.90 Å². The first kappa shape index (κ1) is 18.5. The molecule has 0 unspecified atom stereocenters. The van der Waals surface area contributed by atoms with Gasteiger partial charge in [0, 0.05) is 48.5 Å². The summed E-state index contributed by atoms with van der Waals surface area (Å²) in [5.41, 5.74) is 3.58. The molecule has 0 spiro atoms. The molecular weight excluding hydrogens is 360 g/mol. The van der Waals surface area contributed by atoms with Crippen molar-refractivity contribution in [2.75, 3.05) is 31.1 Å². The predicted octanol–water partition coefficient (Wildman–Crippen LogP) is 4.04. The largest absolute Gasteiger partial charge is 0.370 e. The maximum Gasteiger partial charge on any atom is 0.227 e. The lowest BCUT2D eigenvalue weighted by molar-refractivity contribution is -0.130. The number of aryl methyl sites for hydroxylation is 1. The van der Waals surface area contributed by atoms with Crippen LogP contribution in [0.3, 0.4) is 0 Å². The van der Waals surface area contributed by atoms with E-state index >= 15 is 0 Å². The normalized spacial score (nSPS) is 15.1. The van der Waals surface area contributed by atoms with E-state index in [1.54, 1.807) is 18.2 Å². The maximum atomic E-state index is 13.7. The van der Waals surface area contributed by atoms with Gasteiger partial charge in [-0.25, -0.2) is 8.78 Å². The van der Waals surface area contributed by atoms with Crippen molar-refractivity contribution in [2.45, 2.75) is 19.8 Å². The number of fused-ring (bicyclic) bond motifs is 1. The smallest absolute Gasteiger partial charge is 0.227 e. The second kappa shape index (κ2) is 7.62. The first-order valence-electron chi connectivity index (χ1n) is 9.56. The van der Waals surface area contributed by atoms with Crippen molar-refractivity contribution in [3.8, 4) is 0 Å². The predicted molar refractivity (Wildman–Crippen MR) is 107 cm³/mol. The zero-order valence-electron chi connectivity index (χ0n) is 15.8. The Labute approximate surface area is 162 Å². The summed E-state index contributed by atoms with van der Waals surface area (Å²) in [5, 5.41) is 0.772. The molecule has 1 aromatic heterocycles. The monoisotopic (exact) mass is 383 g/mol. The molecule has 1 saturated heterocycles. The molecule has 1 fully saturated rings. The van der Waals surface area contributed by atoms with Gasteiger partial charge in [0.1, 0.15) is 11.6 Å². The lowest BCUT2D eigenvalue weighted by Gasteiger charge is -2.24. The van der Waals surface area contributed by atoms with E-state index in [9.17, 15) is 13.6 Å². The number of hydrogen-bond donors (Lipinski definition) is 1. The molecule has 0 radical (unpaired) electrons. The molecule has 1 amide bonds. The van der Waals surface area contributed by atoms with E-state index in [1.807, 2.05) is 11.8 Å². The fourth-order valence-electron chi connectivity index (χ4n) is 3.92. The Hall–Kier alpha value is -2.89. The van der Waals surface area contributed by atoms with Gasteiger partial charge in [-0.2, -0.15) is 0 Å². The highest BCUT2D eigenvalue weighted by molar-refractivity contribution is 5.90. The van der Waals surface area contributed by atoms with E-state index in [1.165, 1.54) is 24.3 Å². The summed E-state index contributed by atoms with van der Waals surface area (Å²) in [6.07, 6.45) is 1.11. The van der Waals surface area contributed by atoms with Gasteiger partial charge in [-0.3, -0.25) is 4.79 Å². The van der Waals surface area contributed by atoms with E-state index in [-0.39, 0.29) is 24.0 Å². The van der Waals surface area contributed by atoms with Crippen LogP contribution in [0.15, 0.2) is 42.5 Å². The van der Waals surface area contributed by atoms with Crippen LogP contribution in [0.4, 0.5) is 14.5 Å². The summed E-state index contributed by atoms with van der Waals surface area (Å²) in [4.78, 5) is 20.2. The molecule has 0 bridgehead atoms. The van der Waals surface area contributed by atoms with Crippen molar-refractivity contribution in [1.29, 1.82) is 0 Å². The summed E-state index contributed by atoms with van der Waals surface area (Å²) in [6.45, 7) is 4.75. The van der Waals surface area contributed by atoms with Crippen molar-refractivity contribution in [2.24, 2.45) is 0 Å². The summed E-state index contributed by atoms with van der Waals surface area (Å²) in [6, 6.07) is 11.1. The molecule has 4 rings (SSSR count). The lowest BCUT2D eigenvalue weighted by atomic mass is 10.1.